The van der Waals surface area contributed by atoms with E-state index < -0.39 is 0 Å². The van der Waals surface area contributed by atoms with Gasteiger partial charge in [0.05, 0.1) is 15.0 Å². The van der Waals surface area contributed by atoms with Gasteiger partial charge in [-0.25, -0.2) is 4.39 Å². The van der Waals surface area contributed by atoms with Crippen LogP contribution >= 0.6 is 27.5 Å². The van der Waals surface area contributed by atoms with E-state index in [2.05, 4.69) is 20.9 Å². The smallest absolute Gasteiger partial charge is 0.138 e. The first-order chi connectivity index (χ1) is 8.09. The van der Waals surface area contributed by atoms with Crippen LogP contribution in [0.5, 0.6) is 0 Å². The minimum absolute atomic E-state index is 0.281. The molecule has 1 aromatic heterocycles. The Morgan fingerprint density at radius 1 is 1.41 bits per heavy atom. The van der Waals surface area contributed by atoms with Gasteiger partial charge in [0.1, 0.15) is 5.82 Å². The summed E-state index contributed by atoms with van der Waals surface area (Å²) in [4.78, 5) is 4.64. The Hall–Kier alpha value is -0.670. The first kappa shape index (κ1) is 11.4. The van der Waals surface area contributed by atoms with E-state index in [1.165, 1.54) is 6.07 Å². The molecule has 4 heteroatoms. The molecule has 0 fully saturated rings. The number of rotatable bonds is 0. The van der Waals surface area contributed by atoms with E-state index in [4.69, 9.17) is 11.6 Å². The lowest BCUT2D eigenvalue weighted by molar-refractivity contribution is 0.622. The summed E-state index contributed by atoms with van der Waals surface area (Å²) in [5, 5.41) is 1.38. The van der Waals surface area contributed by atoms with E-state index in [9.17, 15) is 4.39 Å². The lowest BCUT2D eigenvalue weighted by Crippen LogP contribution is -1.96. The maximum Gasteiger partial charge on any atom is 0.138 e. The maximum absolute atomic E-state index is 13.7. The van der Waals surface area contributed by atoms with Gasteiger partial charge in [-0.05, 0) is 59.3 Å². The van der Waals surface area contributed by atoms with Gasteiger partial charge in [-0.15, -0.1) is 0 Å². The van der Waals surface area contributed by atoms with Crippen LogP contribution in [0.15, 0.2) is 10.5 Å². The van der Waals surface area contributed by atoms with Crippen LogP contribution in [0.4, 0.5) is 4.39 Å². The van der Waals surface area contributed by atoms with Crippen LogP contribution in [0.25, 0.3) is 10.9 Å². The molecular formula is C13H10BrClFN. The fraction of sp³-hybridized carbons (Fsp3) is 0.308. The summed E-state index contributed by atoms with van der Waals surface area (Å²) in [7, 11) is 0. The van der Waals surface area contributed by atoms with Gasteiger partial charge in [0.15, 0.2) is 0 Å². The van der Waals surface area contributed by atoms with Crippen molar-refractivity contribution in [2.24, 2.45) is 0 Å². The minimum atomic E-state index is -0.281. The molecule has 1 aliphatic rings. The van der Waals surface area contributed by atoms with Gasteiger partial charge in [-0.3, -0.25) is 4.98 Å². The first-order valence-electron chi connectivity index (χ1n) is 5.55. The highest BCUT2D eigenvalue weighted by atomic mass is 79.9. The summed E-state index contributed by atoms with van der Waals surface area (Å²) in [5.41, 5.74) is 3.80. The number of halogens is 3. The van der Waals surface area contributed by atoms with E-state index in [-0.39, 0.29) is 5.82 Å². The van der Waals surface area contributed by atoms with Gasteiger partial charge >= 0.3 is 0 Å². The molecule has 0 N–H and O–H groups in total. The Labute approximate surface area is 112 Å². The van der Waals surface area contributed by atoms with Crippen LogP contribution in [0.1, 0.15) is 23.2 Å². The second-order valence-corrected chi connectivity index (χ2v) is 5.59. The Kier molecular flexibility index (Phi) is 2.64. The average Bonchev–Trinajstić information content (AvgIpc) is 2.74. The third-order valence-corrected chi connectivity index (χ3v) is 4.50. The van der Waals surface area contributed by atoms with Crippen LogP contribution in [0.3, 0.4) is 0 Å². The van der Waals surface area contributed by atoms with Crippen molar-refractivity contribution in [3.63, 3.8) is 0 Å². The molecule has 0 saturated carbocycles. The number of hydrogen-bond acceptors (Lipinski definition) is 1. The standard InChI is InChI=1S/C13H10BrClFN/c1-6-5-8(16)11(14)10-12(15)7-3-2-4-9(7)17-13(6)10/h5H,2-4H2,1H3. The normalized spacial score (nSPS) is 14.4. The van der Waals surface area contributed by atoms with E-state index in [0.717, 1.165) is 41.6 Å². The van der Waals surface area contributed by atoms with Crippen LogP contribution in [-0.2, 0) is 12.8 Å². The predicted octanol–water partition coefficient (Wildman–Crippen LogP) is 4.59. The van der Waals surface area contributed by atoms with Gasteiger partial charge in [-0.2, -0.15) is 0 Å². The summed E-state index contributed by atoms with van der Waals surface area (Å²) >= 11 is 9.67. The molecule has 17 heavy (non-hydrogen) atoms. The number of fused-ring (bicyclic) bond motifs is 2. The minimum Gasteiger partial charge on any atom is -0.252 e. The molecule has 0 amide bonds. The van der Waals surface area contributed by atoms with Gasteiger partial charge < -0.3 is 0 Å². The highest BCUT2D eigenvalue weighted by molar-refractivity contribution is 9.10. The second kappa shape index (κ2) is 3.92. The Morgan fingerprint density at radius 3 is 2.94 bits per heavy atom. The molecule has 0 aliphatic heterocycles. The van der Waals surface area contributed by atoms with Crippen molar-refractivity contribution < 1.29 is 4.39 Å². The summed E-state index contributed by atoms with van der Waals surface area (Å²) < 4.78 is 14.1. The molecule has 88 valence electrons. The lowest BCUT2D eigenvalue weighted by atomic mass is 10.1. The molecule has 1 aliphatic carbocycles. The summed E-state index contributed by atoms with van der Waals surface area (Å²) in [6.45, 7) is 1.86. The Bertz CT molecular complexity index is 639. The zero-order valence-corrected chi connectivity index (χ0v) is 11.6. The Morgan fingerprint density at radius 2 is 2.18 bits per heavy atom. The van der Waals surface area contributed by atoms with Gasteiger partial charge in [-0.1, -0.05) is 11.6 Å². The van der Waals surface area contributed by atoms with Crippen LogP contribution in [0, 0.1) is 12.7 Å². The topological polar surface area (TPSA) is 12.9 Å². The molecule has 1 heterocycles. The van der Waals surface area contributed by atoms with E-state index in [1.807, 2.05) is 6.92 Å². The number of aromatic nitrogens is 1. The third-order valence-electron chi connectivity index (χ3n) is 3.30. The van der Waals surface area contributed by atoms with Gasteiger partial charge in [0, 0.05) is 11.1 Å². The maximum atomic E-state index is 13.7. The average molecular weight is 315 g/mol. The van der Waals surface area contributed by atoms with Crippen molar-refractivity contribution in [1.82, 2.24) is 4.98 Å². The molecule has 0 radical (unpaired) electrons. The zero-order chi connectivity index (χ0) is 12.2. The van der Waals surface area contributed by atoms with Crippen LogP contribution < -0.4 is 0 Å². The molecule has 0 bridgehead atoms. The molecule has 3 rings (SSSR count). The van der Waals surface area contributed by atoms with Crippen molar-refractivity contribution >= 4 is 38.4 Å². The number of nitrogens with zero attached hydrogens (tertiary/aromatic N) is 1. The van der Waals surface area contributed by atoms with E-state index in [0.29, 0.717) is 14.9 Å². The summed E-state index contributed by atoms with van der Waals surface area (Å²) in [6, 6.07) is 1.50. The van der Waals surface area contributed by atoms with Crippen molar-refractivity contribution in [3.05, 3.63) is 38.2 Å². The number of pyridine rings is 1. The number of benzene rings is 1. The van der Waals surface area contributed by atoms with Crippen molar-refractivity contribution in [1.29, 1.82) is 0 Å². The SMILES string of the molecule is Cc1cc(F)c(Br)c2c(Cl)c3c(nc12)CCC3. The quantitative estimate of drug-likeness (QED) is 0.693. The predicted molar refractivity (Wildman–Crippen MR) is 71.2 cm³/mol. The highest BCUT2D eigenvalue weighted by Crippen LogP contribution is 2.39. The fourth-order valence-electron chi connectivity index (χ4n) is 2.46. The van der Waals surface area contributed by atoms with Crippen molar-refractivity contribution in [3.8, 4) is 0 Å². The molecule has 0 saturated heterocycles. The number of aryl methyl sites for hydroxylation is 2. The third kappa shape index (κ3) is 1.59. The molecule has 2 aromatic rings. The molecule has 1 nitrogen and oxygen atoms in total. The van der Waals surface area contributed by atoms with Crippen molar-refractivity contribution in [2.75, 3.05) is 0 Å². The second-order valence-electron chi connectivity index (χ2n) is 4.42. The summed E-state index contributed by atoms with van der Waals surface area (Å²) in [5.74, 6) is -0.281. The van der Waals surface area contributed by atoms with E-state index in [1.54, 1.807) is 0 Å². The number of hydrogen-bond donors (Lipinski definition) is 0. The molecular weight excluding hydrogens is 305 g/mol. The summed E-state index contributed by atoms with van der Waals surface area (Å²) in [6.07, 6.45) is 3.00. The zero-order valence-electron chi connectivity index (χ0n) is 9.28. The monoisotopic (exact) mass is 313 g/mol. The molecule has 0 unspecified atom stereocenters. The van der Waals surface area contributed by atoms with Crippen molar-refractivity contribution in [2.45, 2.75) is 26.2 Å². The van der Waals surface area contributed by atoms with Crippen LogP contribution in [-0.4, -0.2) is 4.98 Å². The molecule has 0 spiro atoms. The van der Waals surface area contributed by atoms with E-state index >= 15 is 0 Å². The first-order valence-corrected chi connectivity index (χ1v) is 6.72. The van der Waals surface area contributed by atoms with Gasteiger partial charge in [0.2, 0.25) is 0 Å². The van der Waals surface area contributed by atoms with Crippen LogP contribution in [0.2, 0.25) is 5.02 Å². The van der Waals surface area contributed by atoms with Gasteiger partial charge in [0.25, 0.3) is 0 Å². The fourth-order valence-corrected chi connectivity index (χ4v) is 3.46. The molecule has 1 aromatic carbocycles. The Balaban J connectivity index is 2.52. The highest BCUT2D eigenvalue weighted by Gasteiger charge is 2.21. The molecule has 0 atom stereocenters. The lowest BCUT2D eigenvalue weighted by Gasteiger charge is -2.11. The largest absolute Gasteiger partial charge is 0.252 e.